The van der Waals surface area contributed by atoms with Crippen molar-refractivity contribution in [2.75, 3.05) is 32.1 Å². The standard InChI is InChI=1S/C19H19ClN4O3S/c1-12-5-4-6-16-17(12)21-19(28-16)23(10-9-22(2)3)18(25)14-11-13(20)7-8-15(14)24(26)27/h4-8,11H,9-10H2,1-3H3/p+1. The van der Waals surface area contributed by atoms with Gasteiger partial charge in [-0.15, -0.1) is 0 Å². The third-order valence-corrected chi connectivity index (χ3v) is 5.59. The number of hydrogen-bond donors (Lipinski definition) is 1. The van der Waals surface area contributed by atoms with Crippen LogP contribution in [0.4, 0.5) is 10.8 Å². The number of amides is 1. The molecule has 0 fully saturated rings. The van der Waals surface area contributed by atoms with Gasteiger partial charge in [-0.3, -0.25) is 19.8 Å². The van der Waals surface area contributed by atoms with Gasteiger partial charge >= 0.3 is 0 Å². The van der Waals surface area contributed by atoms with Crippen LogP contribution in [-0.2, 0) is 0 Å². The van der Waals surface area contributed by atoms with E-state index in [9.17, 15) is 14.9 Å². The van der Waals surface area contributed by atoms with Gasteiger partial charge in [-0.25, -0.2) is 4.98 Å². The topological polar surface area (TPSA) is 80.8 Å². The molecule has 1 heterocycles. The summed E-state index contributed by atoms with van der Waals surface area (Å²) >= 11 is 7.41. The van der Waals surface area contributed by atoms with E-state index in [1.165, 1.54) is 34.4 Å². The molecule has 2 aromatic carbocycles. The van der Waals surface area contributed by atoms with Crippen LogP contribution in [0.5, 0.6) is 0 Å². The molecule has 0 radical (unpaired) electrons. The molecule has 0 saturated heterocycles. The molecule has 1 amide bonds. The molecule has 9 heteroatoms. The van der Waals surface area contributed by atoms with E-state index in [4.69, 9.17) is 11.6 Å². The van der Waals surface area contributed by atoms with E-state index in [0.29, 0.717) is 18.2 Å². The molecular weight excluding hydrogens is 400 g/mol. The number of para-hydroxylation sites is 1. The minimum Gasteiger partial charge on any atom is -0.338 e. The fourth-order valence-electron chi connectivity index (χ4n) is 2.79. The van der Waals surface area contributed by atoms with E-state index in [-0.39, 0.29) is 16.3 Å². The molecular formula is C19H20ClN4O3S+. The Labute approximate surface area is 171 Å². The van der Waals surface area contributed by atoms with Crippen LogP contribution in [-0.4, -0.2) is 43.0 Å². The number of nitrogens with zero attached hydrogens (tertiary/aromatic N) is 3. The number of carbonyl (C=O) groups excluding carboxylic acids is 1. The second-order valence-electron chi connectivity index (χ2n) is 6.75. The van der Waals surface area contributed by atoms with Crippen LogP contribution in [0.2, 0.25) is 5.02 Å². The molecule has 0 spiro atoms. The van der Waals surface area contributed by atoms with E-state index >= 15 is 0 Å². The number of halogens is 1. The van der Waals surface area contributed by atoms with Crippen LogP contribution >= 0.6 is 22.9 Å². The Morgan fingerprint density at radius 3 is 2.71 bits per heavy atom. The molecule has 0 aliphatic carbocycles. The summed E-state index contributed by atoms with van der Waals surface area (Å²) < 4.78 is 0.964. The zero-order chi connectivity index (χ0) is 20.4. The number of nitro benzene ring substituents is 1. The lowest BCUT2D eigenvalue weighted by atomic mass is 10.1. The zero-order valence-electron chi connectivity index (χ0n) is 15.7. The zero-order valence-corrected chi connectivity index (χ0v) is 17.3. The second kappa shape index (κ2) is 8.22. The maximum atomic E-state index is 13.3. The van der Waals surface area contributed by atoms with Gasteiger partial charge in [0.05, 0.1) is 42.3 Å². The fraction of sp³-hybridized carbons (Fsp3) is 0.263. The molecule has 0 aliphatic heterocycles. The number of benzene rings is 2. The normalized spacial score (nSPS) is 11.2. The summed E-state index contributed by atoms with van der Waals surface area (Å²) in [4.78, 5) is 31.5. The maximum Gasteiger partial charge on any atom is 0.282 e. The van der Waals surface area contributed by atoms with Gasteiger partial charge in [0.15, 0.2) is 5.13 Å². The van der Waals surface area contributed by atoms with Crippen LogP contribution < -0.4 is 9.80 Å². The van der Waals surface area contributed by atoms with Crippen LogP contribution in [0.15, 0.2) is 36.4 Å². The van der Waals surface area contributed by atoms with E-state index in [2.05, 4.69) is 4.98 Å². The number of anilines is 1. The Bertz CT molecular complexity index is 1050. The van der Waals surface area contributed by atoms with E-state index < -0.39 is 10.8 Å². The molecule has 0 bridgehead atoms. The smallest absolute Gasteiger partial charge is 0.282 e. The molecule has 7 nitrogen and oxygen atoms in total. The number of fused-ring (bicyclic) bond motifs is 1. The number of nitro groups is 1. The maximum absolute atomic E-state index is 13.3. The SMILES string of the molecule is Cc1cccc2sc(N(CC[NH+](C)C)C(=O)c3cc(Cl)ccc3[N+](=O)[O-])nc12. The third kappa shape index (κ3) is 4.14. The first-order valence-corrected chi connectivity index (χ1v) is 9.88. The van der Waals surface area contributed by atoms with Gasteiger partial charge in [0, 0.05) is 11.1 Å². The largest absolute Gasteiger partial charge is 0.338 e. The monoisotopic (exact) mass is 419 g/mol. The number of thiazole rings is 1. The first-order valence-electron chi connectivity index (χ1n) is 8.69. The van der Waals surface area contributed by atoms with Crippen molar-refractivity contribution in [2.45, 2.75) is 6.92 Å². The Morgan fingerprint density at radius 2 is 2.07 bits per heavy atom. The lowest BCUT2D eigenvalue weighted by Crippen LogP contribution is -3.06. The highest BCUT2D eigenvalue weighted by Gasteiger charge is 2.28. The molecule has 3 aromatic rings. The number of quaternary nitrogens is 1. The Morgan fingerprint density at radius 1 is 1.32 bits per heavy atom. The van der Waals surface area contributed by atoms with Crippen LogP contribution in [0.3, 0.4) is 0 Å². The quantitative estimate of drug-likeness (QED) is 0.492. The third-order valence-electron chi connectivity index (χ3n) is 4.31. The average Bonchev–Trinajstić information content (AvgIpc) is 3.06. The van der Waals surface area contributed by atoms with Gasteiger partial charge in [-0.1, -0.05) is 35.1 Å². The number of aromatic nitrogens is 1. The van der Waals surface area contributed by atoms with Gasteiger partial charge < -0.3 is 4.90 Å². The van der Waals surface area contributed by atoms with E-state index in [1.54, 1.807) is 0 Å². The first-order chi connectivity index (χ1) is 13.3. The van der Waals surface area contributed by atoms with Crippen molar-refractivity contribution in [3.05, 3.63) is 62.7 Å². The van der Waals surface area contributed by atoms with E-state index in [1.807, 2.05) is 39.2 Å². The van der Waals surface area contributed by atoms with Gasteiger partial charge in [-0.05, 0) is 30.7 Å². The number of carbonyl (C=O) groups is 1. The molecule has 1 N–H and O–H groups in total. The summed E-state index contributed by atoms with van der Waals surface area (Å²) in [6.07, 6.45) is 0. The van der Waals surface area contributed by atoms with Gasteiger partial charge in [0.25, 0.3) is 11.6 Å². The molecule has 28 heavy (non-hydrogen) atoms. The summed E-state index contributed by atoms with van der Waals surface area (Å²) in [5.74, 6) is -0.479. The highest BCUT2D eigenvalue weighted by molar-refractivity contribution is 7.22. The molecule has 0 unspecified atom stereocenters. The summed E-state index contributed by atoms with van der Waals surface area (Å²) in [7, 11) is 3.96. The molecule has 0 saturated carbocycles. The minimum absolute atomic E-state index is 0.0396. The summed E-state index contributed by atoms with van der Waals surface area (Å²) in [6.45, 7) is 3.00. The predicted molar refractivity (Wildman–Crippen MR) is 112 cm³/mol. The molecule has 1 aromatic heterocycles. The summed E-state index contributed by atoms with van der Waals surface area (Å²) in [5, 5.41) is 12.2. The highest BCUT2D eigenvalue weighted by atomic mass is 35.5. The molecule has 0 atom stereocenters. The van der Waals surface area contributed by atoms with Crippen LogP contribution in [0.25, 0.3) is 10.2 Å². The lowest BCUT2D eigenvalue weighted by Gasteiger charge is -2.20. The number of likely N-dealkylation sites (N-methyl/N-ethyl adjacent to an activating group) is 1. The molecule has 146 valence electrons. The lowest BCUT2D eigenvalue weighted by molar-refractivity contribution is -0.856. The van der Waals surface area contributed by atoms with Gasteiger partial charge in [-0.2, -0.15) is 0 Å². The van der Waals surface area contributed by atoms with Crippen LogP contribution in [0, 0.1) is 17.0 Å². The number of hydrogen-bond acceptors (Lipinski definition) is 5. The predicted octanol–water partition coefficient (Wildman–Crippen LogP) is 2.96. The molecule has 0 aliphatic rings. The fourth-order valence-corrected chi connectivity index (χ4v) is 4.03. The first kappa shape index (κ1) is 20.2. The van der Waals surface area contributed by atoms with Crippen molar-refractivity contribution in [3.8, 4) is 0 Å². The Balaban J connectivity index is 2.09. The molecule has 3 rings (SSSR count). The van der Waals surface area contributed by atoms with Crippen molar-refractivity contribution in [2.24, 2.45) is 0 Å². The van der Waals surface area contributed by atoms with Crippen molar-refractivity contribution in [3.63, 3.8) is 0 Å². The second-order valence-corrected chi connectivity index (χ2v) is 8.20. The number of aryl methyl sites for hydroxylation is 1. The van der Waals surface area contributed by atoms with Crippen molar-refractivity contribution in [1.82, 2.24) is 4.98 Å². The highest BCUT2D eigenvalue weighted by Crippen LogP contribution is 2.32. The summed E-state index contributed by atoms with van der Waals surface area (Å²) in [6, 6.07) is 9.86. The van der Waals surface area contributed by atoms with Crippen molar-refractivity contribution < 1.29 is 14.6 Å². The Kier molecular flexibility index (Phi) is 5.93. The average molecular weight is 420 g/mol. The van der Waals surface area contributed by atoms with Crippen molar-refractivity contribution in [1.29, 1.82) is 0 Å². The van der Waals surface area contributed by atoms with Gasteiger partial charge in [0.1, 0.15) is 5.56 Å². The summed E-state index contributed by atoms with van der Waals surface area (Å²) in [5.41, 5.74) is 1.54. The number of nitrogens with one attached hydrogen (secondary N) is 1. The van der Waals surface area contributed by atoms with Crippen LogP contribution in [0.1, 0.15) is 15.9 Å². The van der Waals surface area contributed by atoms with Crippen molar-refractivity contribution >= 4 is 49.9 Å². The minimum atomic E-state index is -0.568. The van der Waals surface area contributed by atoms with Gasteiger partial charge in [0.2, 0.25) is 0 Å². The Hall–Kier alpha value is -2.55. The number of rotatable bonds is 6. The van der Waals surface area contributed by atoms with E-state index in [0.717, 1.165) is 20.7 Å².